The van der Waals surface area contributed by atoms with E-state index >= 15 is 0 Å². The molecule has 0 bridgehead atoms. The predicted molar refractivity (Wildman–Crippen MR) is 40.2 cm³/mol. The number of ether oxygens (including phenoxy) is 1. The lowest BCUT2D eigenvalue weighted by Gasteiger charge is -2.13. The van der Waals surface area contributed by atoms with Crippen LogP contribution in [-0.4, -0.2) is 11.3 Å². The van der Waals surface area contributed by atoms with Gasteiger partial charge in [-0.2, -0.15) is 4.39 Å². The number of hydrogen-bond donors (Lipinski definition) is 1. The molecule has 16 heavy (non-hydrogen) atoms. The highest BCUT2D eigenvalue weighted by atomic mass is 19.4. The van der Waals surface area contributed by atoms with Crippen molar-refractivity contribution in [2.24, 2.45) is 0 Å². The largest absolute Gasteiger partial charge is 0.573 e. The zero-order valence-corrected chi connectivity index (χ0v) is 7.36. The molecule has 0 aromatic carbocycles. The summed E-state index contributed by atoms with van der Waals surface area (Å²) in [6.07, 6.45) is -8.22. The van der Waals surface area contributed by atoms with E-state index in [1.54, 1.807) is 0 Å². The molecular formula is C7H4F6N2O. The Hall–Kier alpha value is -1.67. The van der Waals surface area contributed by atoms with E-state index in [9.17, 15) is 26.3 Å². The highest BCUT2D eigenvalue weighted by molar-refractivity contribution is 5.57. The highest BCUT2D eigenvalue weighted by Gasteiger charge is 2.33. The van der Waals surface area contributed by atoms with Crippen LogP contribution in [-0.2, 0) is 0 Å². The second kappa shape index (κ2) is 4.06. The van der Waals surface area contributed by atoms with Crippen LogP contribution in [0.3, 0.4) is 0 Å². The van der Waals surface area contributed by atoms with Crippen molar-refractivity contribution >= 4 is 5.69 Å². The molecule has 1 aromatic heterocycles. The third-order valence-corrected chi connectivity index (χ3v) is 1.52. The Morgan fingerprint density at radius 3 is 2.31 bits per heavy atom. The van der Waals surface area contributed by atoms with Crippen LogP contribution < -0.4 is 10.5 Å². The third-order valence-electron chi connectivity index (χ3n) is 1.52. The summed E-state index contributed by atoms with van der Waals surface area (Å²) in [7, 11) is 0. The normalized spacial score (nSPS) is 11.9. The summed E-state index contributed by atoms with van der Waals surface area (Å²) in [5.41, 5.74) is 2.37. The second-order valence-corrected chi connectivity index (χ2v) is 2.59. The van der Waals surface area contributed by atoms with E-state index in [4.69, 9.17) is 5.73 Å². The van der Waals surface area contributed by atoms with Gasteiger partial charge >= 0.3 is 6.36 Å². The molecule has 0 radical (unpaired) electrons. The fourth-order valence-corrected chi connectivity index (χ4v) is 0.912. The Balaban J connectivity index is 3.19. The second-order valence-electron chi connectivity index (χ2n) is 2.59. The predicted octanol–water partition coefficient (Wildman–Crippen LogP) is 2.64. The first-order valence-electron chi connectivity index (χ1n) is 3.70. The van der Waals surface area contributed by atoms with Gasteiger partial charge in [0.2, 0.25) is 5.95 Å². The molecule has 0 saturated carbocycles. The molecule has 9 heteroatoms. The zero-order valence-electron chi connectivity index (χ0n) is 7.36. The fourth-order valence-electron chi connectivity index (χ4n) is 0.912. The Morgan fingerprint density at radius 2 is 1.88 bits per heavy atom. The van der Waals surface area contributed by atoms with Gasteiger partial charge in [-0.25, -0.2) is 13.8 Å². The van der Waals surface area contributed by atoms with Crippen molar-refractivity contribution in [3.8, 4) is 5.75 Å². The average Bonchev–Trinajstić information content (AvgIpc) is 2.07. The molecule has 0 spiro atoms. The van der Waals surface area contributed by atoms with Crippen molar-refractivity contribution in [1.29, 1.82) is 0 Å². The quantitative estimate of drug-likeness (QED) is 0.644. The minimum absolute atomic E-state index is 0.282. The number of anilines is 1. The van der Waals surface area contributed by atoms with Crippen LogP contribution in [0.2, 0.25) is 0 Å². The number of nitrogens with two attached hydrogens (primary N) is 1. The van der Waals surface area contributed by atoms with Gasteiger partial charge in [0.1, 0.15) is 0 Å². The molecule has 3 nitrogen and oxygen atoms in total. The van der Waals surface area contributed by atoms with Crippen LogP contribution in [0.4, 0.5) is 32.0 Å². The van der Waals surface area contributed by atoms with Crippen molar-refractivity contribution in [3.05, 3.63) is 17.7 Å². The topological polar surface area (TPSA) is 48.1 Å². The molecule has 2 N–H and O–H groups in total. The number of hydrogen-bond acceptors (Lipinski definition) is 3. The number of rotatable bonds is 2. The van der Waals surface area contributed by atoms with Gasteiger partial charge in [-0.3, -0.25) is 0 Å². The van der Waals surface area contributed by atoms with Gasteiger partial charge < -0.3 is 10.5 Å². The Bertz CT molecular complexity index is 391. The van der Waals surface area contributed by atoms with E-state index in [-0.39, 0.29) is 6.20 Å². The third kappa shape index (κ3) is 2.67. The average molecular weight is 246 g/mol. The lowest BCUT2D eigenvalue weighted by atomic mass is 10.2. The lowest BCUT2D eigenvalue weighted by molar-refractivity contribution is -0.274. The molecule has 90 valence electrons. The van der Waals surface area contributed by atoms with Gasteiger partial charge in [0.05, 0.1) is 17.4 Å². The zero-order chi connectivity index (χ0) is 12.5. The van der Waals surface area contributed by atoms with Crippen molar-refractivity contribution < 1.29 is 31.1 Å². The maximum absolute atomic E-state index is 12.7. The Morgan fingerprint density at radius 1 is 1.31 bits per heavy atom. The number of halogens is 6. The summed E-state index contributed by atoms with van der Waals surface area (Å²) < 4.78 is 75.7. The monoisotopic (exact) mass is 246 g/mol. The number of nitrogens with zero attached hydrogens (tertiary/aromatic N) is 1. The molecule has 0 unspecified atom stereocenters. The minimum Gasteiger partial charge on any atom is -0.402 e. The van der Waals surface area contributed by atoms with E-state index in [1.165, 1.54) is 0 Å². The number of aromatic nitrogens is 1. The van der Waals surface area contributed by atoms with E-state index < -0.39 is 35.7 Å². The first-order chi connectivity index (χ1) is 7.22. The van der Waals surface area contributed by atoms with Crippen molar-refractivity contribution in [2.45, 2.75) is 12.8 Å². The molecule has 1 heterocycles. The first kappa shape index (κ1) is 12.4. The van der Waals surface area contributed by atoms with Crippen LogP contribution in [0.25, 0.3) is 0 Å². The van der Waals surface area contributed by atoms with Crippen LogP contribution in [0, 0.1) is 5.95 Å². The number of nitrogen functional groups attached to an aromatic ring is 1. The van der Waals surface area contributed by atoms with Gasteiger partial charge in [0.15, 0.2) is 5.75 Å². The smallest absolute Gasteiger partial charge is 0.402 e. The summed E-state index contributed by atoms with van der Waals surface area (Å²) in [5.74, 6) is -2.80. The summed E-state index contributed by atoms with van der Waals surface area (Å²) in [4.78, 5) is 2.69. The summed E-state index contributed by atoms with van der Waals surface area (Å²) >= 11 is 0. The van der Waals surface area contributed by atoms with Crippen LogP contribution in [0.15, 0.2) is 6.20 Å². The Labute approximate surface area is 84.8 Å². The molecule has 0 aliphatic heterocycles. The molecule has 0 amide bonds. The molecule has 0 atom stereocenters. The van der Waals surface area contributed by atoms with Gasteiger partial charge in [-0.05, 0) is 0 Å². The molecular weight excluding hydrogens is 242 g/mol. The van der Waals surface area contributed by atoms with Crippen LogP contribution in [0.1, 0.15) is 12.0 Å². The molecule has 0 saturated heterocycles. The standard InChI is InChI=1S/C7H4F6N2O/c8-5(9)3-4(14)2(1-15-6(3)10)16-7(11,12)13/h1,5H,(H2,14,15). The summed E-state index contributed by atoms with van der Waals surface area (Å²) in [5, 5.41) is 0. The number of pyridine rings is 1. The molecule has 0 fully saturated rings. The fraction of sp³-hybridized carbons (Fsp3) is 0.286. The van der Waals surface area contributed by atoms with Gasteiger partial charge in [-0.1, -0.05) is 0 Å². The van der Waals surface area contributed by atoms with Gasteiger partial charge in [0, 0.05) is 0 Å². The SMILES string of the molecule is Nc1c(OC(F)(F)F)cnc(F)c1C(F)F. The van der Waals surface area contributed by atoms with Gasteiger partial charge in [0.25, 0.3) is 6.43 Å². The van der Waals surface area contributed by atoms with Crippen LogP contribution in [0.5, 0.6) is 5.75 Å². The van der Waals surface area contributed by atoms with E-state index in [0.717, 1.165) is 0 Å². The van der Waals surface area contributed by atoms with Crippen molar-refractivity contribution in [2.75, 3.05) is 5.73 Å². The van der Waals surface area contributed by atoms with E-state index in [1.807, 2.05) is 0 Å². The molecule has 1 rings (SSSR count). The van der Waals surface area contributed by atoms with Crippen LogP contribution >= 0.6 is 0 Å². The minimum atomic E-state index is -5.12. The molecule has 0 aliphatic rings. The molecule has 0 aliphatic carbocycles. The maximum Gasteiger partial charge on any atom is 0.573 e. The van der Waals surface area contributed by atoms with Crippen molar-refractivity contribution in [1.82, 2.24) is 4.98 Å². The van der Waals surface area contributed by atoms with Crippen molar-refractivity contribution in [3.63, 3.8) is 0 Å². The van der Waals surface area contributed by atoms with Gasteiger partial charge in [-0.15, -0.1) is 13.2 Å². The Kier molecular flexibility index (Phi) is 3.15. The number of alkyl halides is 5. The first-order valence-corrected chi connectivity index (χ1v) is 3.70. The van der Waals surface area contributed by atoms with E-state index in [2.05, 4.69) is 9.72 Å². The lowest BCUT2D eigenvalue weighted by Crippen LogP contribution is -2.19. The molecule has 1 aromatic rings. The highest BCUT2D eigenvalue weighted by Crippen LogP contribution is 2.35. The maximum atomic E-state index is 12.7. The summed E-state index contributed by atoms with van der Waals surface area (Å²) in [6, 6.07) is 0. The summed E-state index contributed by atoms with van der Waals surface area (Å²) in [6.45, 7) is 0. The van der Waals surface area contributed by atoms with E-state index in [0.29, 0.717) is 0 Å².